The van der Waals surface area contributed by atoms with Crippen LogP contribution in [0.15, 0.2) is 78.8 Å². The van der Waals surface area contributed by atoms with Crippen LogP contribution in [0.5, 0.6) is 5.75 Å². The van der Waals surface area contributed by atoms with E-state index >= 15 is 0 Å². The largest absolute Gasteiger partial charge is 0.496 e. The lowest BCUT2D eigenvalue weighted by Gasteiger charge is -2.22. The van der Waals surface area contributed by atoms with E-state index in [0.717, 1.165) is 17.7 Å². The first-order valence-corrected chi connectivity index (χ1v) is 10.2. The molecule has 2 aliphatic heterocycles. The van der Waals surface area contributed by atoms with Gasteiger partial charge in [0.2, 0.25) is 0 Å². The first-order chi connectivity index (χ1) is 15.2. The van der Waals surface area contributed by atoms with Crippen LogP contribution in [-0.2, 0) is 22.6 Å². The summed E-state index contributed by atoms with van der Waals surface area (Å²) in [5.74, 6) is -0.0592. The normalized spacial score (nSPS) is 15.6. The predicted octanol–water partition coefficient (Wildman–Crippen LogP) is 3.43. The number of anilines is 1. The molecule has 5 rings (SSSR count). The summed E-state index contributed by atoms with van der Waals surface area (Å²) in [4.78, 5) is 34.6. The second-order valence-corrected chi connectivity index (χ2v) is 7.51. The Labute approximate surface area is 180 Å². The van der Waals surface area contributed by atoms with E-state index in [2.05, 4.69) is 11.1 Å². The fourth-order valence-electron chi connectivity index (χ4n) is 4.30. The molecule has 0 atom stereocenters. The number of imide groups is 1. The van der Waals surface area contributed by atoms with Gasteiger partial charge in [-0.05, 0) is 35.7 Å². The Morgan fingerprint density at radius 3 is 2.58 bits per heavy atom. The van der Waals surface area contributed by atoms with E-state index in [1.54, 1.807) is 31.6 Å². The van der Waals surface area contributed by atoms with Crippen molar-refractivity contribution in [3.8, 4) is 5.75 Å². The minimum Gasteiger partial charge on any atom is -0.496 e. The quantitative estimate of drug-likeness (QED) is 0.602. The van der Waals surface area contributed by atoms with E-state index in [-0.39, 0.29) is 18.4 Å². The number of rotatable bonds is 5. The fraction of sp³-hybridized carbons (Fsp3) is 0.160. The first-order valence-electron chi connectivity index (χ1n) is 10.2. The molecule has 0 aliphatic carbocycles. The number of carbonyl (C=O) groups is 2. The third kappa shape index (κ3) is 3.17. The van der Waals surface area contributed by atoms with Gasteiger partial charge in [0.15, 0.2) is 0 Å². The number of benzene rings is 2. The van der Waals surface area contributed by atoms with Crippen molar-refractivity contribution in [3.63, 3.8) is 0 Å². The molecule has 6 heteroatoms. The summed E-state index contributed by atoms with van der Waals surface area (Å²) >= 11 is 0. The van der Waals surface area contributed by atoms with Crippen LogP contribution < -0.4 is 9.64 Å². The Balaban J connectivity index is 1.65. The average Bonchev–Trinajstić information content (AvgIpc) is 3.34. The molecule has 0 saturated carbocycles. The molecular weight excluding hydrogens is 390 g/mol. The average molecular weight is 411 g/mol. The third-order valence-electron chi connectivity index (χ3n) is 5.74. The summed E-state index contributed by atoms with van der Waals surface area (Å²) in [5, 5.41) is 0. The van der Waals surface area contributed by atoms with Gasteiger partial charge in [0.1, 0.15) is 11.4 Å². The summed E-state index contributed by atoms with van der Waals surface area (Å²) in [6, 6.07) is 19.0. The highest BCUT2D eigenvalue weighted by molar-refractivity contribution is 6.37. The number of nitrogens with zero attached hydrogens (tertiary/aromatic N) is 3. The number of aromatic nitrogens is 1. The molecular formula is C25H21N3O3. The van der Waals surface area contributed by atoms with E-state index in [1.165, 1.54) is 10.5 Å². The molecule has 0 N–H and O–H groups in total. The summed E-state index contributed by atoms with van der Waals surface area (Å²) in [7, 11) is 1.57. The molecule has 0 unspecified atom stereocenters. The van der Waals surface area contributed by atoms with Gasteiger partial charge >= 0.3 is 0 Å². The molecule has 0 fully saturated rings. The van der Waals surface area contributed by atoms with Crippen LogP contribution in [-0.4, -0.2) is 35.4 Å². The number of para-hydroxylation sites is 2. The summed E-state index contributed by atoms with van der Waals surface area (Å²) in [6.07, 6.45) is 4.16. The van der Waals surface area contributed by atoms with Gasteiger partial charge in [0.05, 0.1) is 19.2 Å². The fourth-order valence-corrected chi connectivity index (χ4v) is 4.30. The van der Waals surface area contributed by atoms with Gasteiger partial charge in [-0.2, -0.15) is 0 Å². The van der Waals surface area contributed by atoms with Crippen molar-refractivity contribution in [1.29, 1.82) is 0 Å². The second-order valence-electron chi connectivity index (χ2n) is 7.51. The molecule has 6 nitrogen and oxygen atoms in total. The second kappa shape index (κ2) is 7.72. The van der Waals surface area contributed by atoms with Gasteiger partial charge in [-0.1, -0.05) is 42.5 Å². The Hall–Kier alpha value is -3.93. The number of methoxy groups -OCH3 is 1. The van der Waals surface area contributed by atoms with Crippen molar-refractivity contribution in [2.45, 2.75) is 13.0 Å². The Kier molecular flexibility index (Phi) is 4.75. The summed E-state index contributed by atoms with van der Waals surface area (Å²) in [6.45, 7) is 0.816. The lowest BCUT2D eigenvalue weighted by atomic mass is 10.0. The lowest BCUT2D eigenvalue weighted by molar-refractivity contribution is -0.137. The van der Waals surface area contributed by atoms with Crippen LogP contribution in [0.2, 0.25) is 0 Å². The molecule has 2 amide bonds. The SMILES string of the molecule is COc1ccccc1C1=C(N2CCc3ccccc32)C(=O)N(Cc2cccnc2)C1=O. The van der Waals surface area contributed by atoms with Crippen molar-refractivity contribution in [1.82, 2.24) is 9.88 Å². The molecule has 1 aromatic heterocycles. The molecule has 31 heavy (non-hydrogen) atoms. The van der Waals surface area contributed by atoms with Crippen LogP contribution in [0.4, 0.5) is 5.69 Å². The Morgan fingerprint density at radius 2 is 1.77 bits per heavy atom. The minimum atomic E-state index is -0.322. The minimum absolute atomic E-state index is 0.170. The molecule has 3 aromatic rings. The molecule has 2 aliphatic rings. The Bertz CT molecular complexity index is 1200. The third-order valence-corrected chi connectivity index (χ3v) is 5.74. The van der Waals surface area contributed by atoms with E-state index in [1.807, 2.05) is 47.4 Å². The van der Waals surface area contributed by atoms with Crippen LogP contribution in [0.1, 0.15) is 16.7 Å². The highest BCUT2D eigenvalue weighted by Gasteiger charge is 2.44. The smallest absolute Gasteiger partial charge is 0.278 e. The maximum Gasteiger partial charge on any atom is 0.278 e. The van der Waals surface area contributed by atoms with Crippen molar-refractivity contribution in [2.24, 2.45) is 0 Å². The standard InChI is InChI=1S/C25H21N3O3/c1-31-21-11-5-3-9-19(21)22-23(27-14-12-18-8-2-4-10-20(18)27)25(30)28(24(22)29)16-17-7-6-13-26-15-17/h2-11,13,15H,12,14,16H2,1H3. The van der Waals surface area contributed by atoms with Gasteiger partial charge in [-0.25, -0.2) is 0 Å². The number of carbonyl (C=O) groups excluding carboxylic acids is 2. The van der Waals surface area contributed by atoms with Gasteiger partial charge in [0.25, 0.3) is 11.8 Å². The van der Waals surface area contributed by atoms with Gasteiger partial charge < -0.3 is 9.64 Å². The summed E-state index contributed by atoms with van der Waals surface area (Å²) < 4.78 is 5.53. The zero-order chi connectivity index (χ0) is 21.4. The number of hydrogen-bond donors (Lipinski definition) is 0. The zero-order valence-electron chi connectivity index (χ0n) is 17.1. The number of ether oxygens (including phenoxy) is 1. The van der Waals surface area contributed by atoms with Crippen molar-refractivity contribution in [3.05, 3.63) is 95.4 Å². The molecule has 2 aromatic carbocycles. The molecule has 0 saturated heterocycles. The molecule has 0 spiro atoms. The monoisotopic (exact) mass is 411 g/mol. The van der Waals surface area contributed by atoms with Crippen LogP contribution in [0.3, 0.4) is 0 Å². The van der Waals surface area contributed by atoms with Crippen LogP contribution >= 0.6 is 0 Å². The number of fused-ring (bicyclic) bond motifs is 1. The molecule has 3 heterocycles. The van der Waals surface area contributed by atoms with Crippen LogP contribution in [0, 0.1) is 0 Å². The molecule has 0 radical (unpaired) electrons. The first kappa shape index (κ1) is 19.1. The van der Waals surface area contributed by atoms with Crippen molar-refractivity contribution in [2.75, 3.05) is 18.6 Å². The van der Waals surface area contributed by atoms with Crippen LogP contribution in [0.25, 0.3) is 5.57 Å². The lowest BCUT2D eigenvalue weighted by Crippen LogP contribution is -2.34. The topological polar surface area (TPSA) is 62.7 Å². The number of hydrogen-bond acceptors (Lipinski definition) is 5. The van der Waals surface area contributed by atoms with E-state index in [0.29, 0.717) is 29.1 Å². The highest BCUT2D eigenvalue weighted by Crippen LogP contribution is 2.41. The van der Waals surface area contributed by atoms with E-state index in [4.69, 9.17) is 4.74 Å². The maximum absolute atomic E-state index is 13.6. The number of pyridine rings is 1. The Morgan fingerprint density at radius 1 is 0.968 bits per heavy atom. The maximum atomic E-state index is 13.6. The van der Waals surface area contributed by atoms with Gasteiger partial charge in [-0.3, -0.25) is 19.5 Å². The molecule has 154 valence electrons. The molecule has 0 bridgehead atoms. The van der Waals surface area contributed by atoms with E-state index < -0.39 is 0 Å². The summed E-state index contributed by atoms with van der Waals surface area (Å²) in [5.41, 5.74) is 4.34. The van der Waals surface area contributed by atoms with Crippen molar-refractivity contribution >= 4 is 23.1 Å². The van der Waals surface area contributed by atoms with E-state index in [9.17, 15) is 9.59 Å². The van der Waals surface area contributed by atoms with Gasteiger partial charge in [-0.15, -0.1) is 0 Å². The van der Waals surface area contributed by atoms with Crippen molar-refractivity contribution < 1.29 is 14.3 Å². The van der Waals surface area contributed by atoms with Gasteiger partial charge in [0, 0.05) is 30.2 Å². The zero-order valence-corrected chi connectivity index (χ0v) is 17.1. The predicted molar refractivity (Wildman–Crippen MR) is 117 cm³/mol. The highest BCUT2D eigenvalue weighted by atomic mass is 16.5. The number of amides is 2.